The van der Waals surface area contributed by atoms with Crippen LogP contribution in [0.2, 0.25) is 0 Å². The third-order valence-corrected chi connectivity index (χ3v) is 3.20. The minimum atomic E-state index is -2.02. The lowest BCUT2D eigenvalue weighted by Gasteiger charge is -2.37. The molecule has 1 rings (SSSR count). The Bertz CT molecular complexity index is 453. The topological polar surface area (TPSA) is 57.5 Å². The van der Waals surface area contributed by atoms with Gasteiger partial charge in [0.05, 0.1) is 5.41 Å². The first-order valence-corrected chi connectivity index (χ1v) is 5.02. The van der Waals surface area contributed by atoms with Crippen molar-refractivity contribution in [2.45, 2.75) is 26.4 Å². The number of carboxylic acids is 1. The molecule has 3 nitrogen and oxygen atoms in total. The normalized spacial score (nSPS) is 15.4. The molecule has 1 unspecified atom stereocenters. The molecule has 0 amide bonds. The molecule has 0 aliphatic heterocycles. The summed E-state index contributed by atoms with van der Waals surface area (Å²) in [5.74, 6) is -2.88. The van der Waals surface area contributed by atoms with Crippen LogP contribution < -0.4 is 0 Å². The predicted octanol–water partition coefficient (Wildman–Crippen LogP) is 2.28. The van der Waals surface area contributed by atoms with Crippen molar-refractivity contribution in [1.82, 2.24) is 0 Å². The molecule has 17 heavy (non-hydrogen) atoms. The van der Waals surface area contributed by atoms with Crippen LogP contribution in [0.4, 0.5) is 8.78 Å². The number of hydrogen-bond donors (Lipinski definition) is 2. The van der Waals surface area contributed by atoms with Gasteiger partial charge in [-0.05, 0) is 39.0 Å². The largest absolute Gasteiger partial charge is 0.481 e. The SMILES string of the molecule is CC(C)(C(=O)O)C(C)(O)c1cc(F)ccc1F. The summed E-state index contributed by atoms with van der Waals surface area (Å²) in [4.78, 5) is 11.1. The van der Waals surface area contributed by atoms with E-state index in [9.17, 15) is 18.7 Å². The maximum absolute atomic E-state index is 13.5. The van der Waals surface area contributed by atoms with Crippen LogP contribution in [0.25, 0.3) is 0 Å². The van der Waals surface area contributed by atoms with Crippen molar-refractivity contribution in [2.24, 2.45) is 5.41 Å². The van der Waals surface area contributed by atoms with E-state index in [0.717, 1.165) is 25.1 Å². The van der Waals surface area contributed by atoms with E-state index in [2.05, 4.69) is 0 Å². The summed E-state index contributed by atoms with van der Waals surface area (Å²) in [6, 6.07) is 2.57. The van der Waals surface area contributed by atoms with Gasteiger partial charge in [-0.25, -0.2) is 8.78 Å². The number of carbonyl (C=O) groups is 1. The van der Waals surface area contributed by atoms with Crippen molar-refractivity contribution in [3.05, 3.63) is 35.4 Å². The molecule has 1 aromatic carbocycles. The van der Waals surface area contributed by atoms with Gasteiger partial charge < -0.3 is 10.2 Å². The minimum absolute atomic E-state index is 0.370. The molecule has 0 aromatic heterocycles. The second kappa shape index (κ2) is 4.07. The maximum Gasteiger partial charge on any atom is 0.312 e. The Hall–Kier alpha value is -1.49. The first kappa shape index (κ1) is 13.6. The Morgan fingerprint density at radius 2 is 1.76 bits per heavy atom. The van der Waals surface area contributed by atoms with Crippen LogP contribution in [0.15, 0.2) is 18.2 Å². The molecule has 0 fully saturated rings. The van der Waals surface area contributed by atoms with Gasteiger partial charge in [-0.2, -0.15) is 0 Å². The highest BCUT2D eigenvalue weighted by Gasteiger charge is 2.48. The summed E-state index contributed by atoms with van der Waals surface area (Å²) in [6.07, 6.45) is 0. The van der Waals surface area contributed by atoms with Gasteiger partial charge in [-0.1, -0.05) is 0 Å². The van der Waals surface area contributed by atoms with Crippen molar-refractivity contribution in [3.8, 4) is 0 Å². The van der Waals surface area contributed by atoms with Crippen molar-refractivity contribution in [2.75, 3.05) is 0 Å². The van der Waals surface area contributed by atoms with Crippen molar-refractivity contribution in [1.29, 1.82) is 0 Å². The van der Waals surface area contributed by atoms with Crippen LogP contribution in [-0.2, 0) is 10.4 Å². The molecule has 1 aromatic rings. The summed E-state index contributed by atoms with van der Waals surface area (Å²) in [7, 11) is 0. The van der Waals surface area contributed by atoms with E-state index in [1.54, 1.807) is 0 Å². The second-order valence-electron chi connectivity index (χ2n) is 4.63. The van der Waals surface area contributed by atoms with E-state index in [-0.39, 0.29) is 5.56 Å². The number of hydrogen-bond acceptors (Lipinski definition) is 2. The van der Waals surface area contributed by atoms with E-state index in [1.165, 1.54) is 13.8 Å². The Morgan fingerprint density at radius 3 is 2.24 bits per heavy atom. The van der Waals surface area contributed by atoms with Gasteiger partial charge in [0.1, 0.15) is 17.2 Å². The van der Waals surface area contributed by atoms with Crippen LogP contribution in [0.5, 0.6) is 0 Å². The quantitative estimate of drug-likeness (QED) is 0.857. The minimum Gasteiger partial charge on any atom is -0.481 e. The van der Waals surface area contributed by atoms with Crippen molar-refractivity contribution < 1.29 is 23.8 Å². The number of aliphatic carboxylic acids is 1. The van der Waals surface area contributed by atoms with Gasteiger partial charge >= 0.3 is 5.97 Å². The molecule has 0 saturated heterocycles. The highest BCUT2D eigenvalue weighted by atomic mass is 19.1. The summed E-state index contributed by atoms with van der Waals surface area (Å²) >= 11 is 0. The summed E-state index contributed by atoms with van der Waals surface area (Å²) < 4.78 is 26.6. The number of halogens is 2. The Labute approximate surface area is 97.7 Å². The molecule has 0 saturated carbocycles. The van der Waals surface area contributed by atoms with Gasteiger partial charge in [0, 0.05) is 5.56 Å². The molecule has 0 aliphatic carbocycles. The Balaban J connectivity index is 3.40. The molecule has 0 aliphatic rings. The smallest absolute Gasteiger partial charge is 0.312 e. The number of aliphatic hydroxyl groups is 1. The van der Waals surface area contributed by atoms with Crippen LogP contribution in [-0.4, -0.2) is 16.2 Å². The fraction of sp³-hybridized carbons (Fsp3) is 0.417. The Kier molecular flexibility index (Phi) is 3.25. The van der Waals surface area contributed by atoms with E-state index < -0.39 is 28.6 Å². The lowest BCUT2D eigenvalue weighted by atomic mass is 9.72. The Morgan fingerprint density at radius 1 is 1.24 bits per heavy atom. The van der Waals surface area contributed by atoms with Gasteiger partial charge in [0.15, 0.2) is 0 Å². The molecular formula is C12H14F2O3. The molecule has 2 N–H and O–H groups in total. The number of carboxylic acid groups (broad SMARTS) is 1. The average Bonchev–Trinajstić information content (AvgIpc) is 2.21. The van der Waals surface area contributed by atoms with Crippen LogP contribution in [0.3, 0.4) is 0 Å². The lowest BCUT2D eigenvalue weighted by Crippen LogP contribution is -2.45. The highest BCUT2D eigenvalue weighted by molar-refractivity contribution is 5.75. The maximum atomic E-state index is 13.5. The van der Waals surface area contributed by atoms with Gasteiger partial charge in [-0.15, -0.1) is 0 Å². The third-order valence-electron chi connectivity index (χ3n) is 3.20. The average molecular weight is 244 g/mol. The van der Waals surface area contributed by atoms with E-state index in [0.29, 0.717) is 0 Å². The summed E-state index contributed by atoms with van der Waals surface area (Å²) in [5.41, 5.74) is -4.04. The molecule has 0 spiro atoms. The standard InChI is InChI=1S/C12H14F2O3/c1-11(2,10(15)16)12(3,17)8-6-7(13)4-5-9(8)14/h4-6,17H,1-3H3,(H,15,16). The fourth-order valence-electron chi connectivity index (χ4n) is 1.42. The molecular weight excluding hydrogens is 230 g/mol. The first-order valence-electron chi connectivity index (χ1n) is 5.02. The monoisotopic (exact) mass is 244 g/mol. The van der Waals surface area contributed by atoms with Crippen molar-refractivity contribution >= 4 is 5.97 Å². The summed E-state index contributed by atoms with van der Waals surface area (Å²) in [6.45, 7) is 3.65. The molecule has 0 radical (unpaired) electrons. The van der Waals surface area contributed by atoms with Gasteiger partial charge in [-0.3, -0.25) is 4.79 Å². The van der Waals surface area contributed by atoms with E-state index >= 15 is 0 Å². The zero-order valence-electron chi connectivity index (χ0n) is 9.79. The van der Waals surface area contributed by atoms with Crippen LogP contribution in [0.1, 0.15) is 26.3 Å². The first-order chi connectivity index (χ1) is 7.60. The van der Waals surface area contributed by atoms with E-state index in [4.69, 9.17) is 5.11 Å². The molecule has 1 atom stereocenters. The molecule has 0 bridgehead atoms. The molecule has 5 heteroatoms. The zero-order chi connectivity index (χ0) is 13.4. The van der Waals surface area contributed by atoms with Crippen LogP contribution >= 0.6 is 0 Å². The van der Waals surface area contributed by atoms with Gasteiger partial charge in [0.2, 0.25) is 0 Å². The number of rotatable bonds is 3. The highest BCUT2D eigenvalue weighted by Crippen LogP contribution is 2.40. The fourth-order valence-corrected chi connectivity index (χ4v) is 1.42. The second-order valence-corrected chi connectivity index (χ2v) is 4.63. The lowest BCUT2D eigenvalue weighted by molar-refractivity contribution is -0.164. The zero-order valence-corrected chi connectivity index (χ0v) is 9.79. The van der Waals surface area contributed by atoms with Crippen LogP contribution in [0, 0.1) is 17.0 Å². The van der Waals surface area contributed by atoms with Gasteiger partial charge in [0.25, 0.3) is 0 Å². The van der Waals surface area contributed by atoms with Crippen molar-refractivity contribution in [3.63, 3.8) is 0 Å². The molecule has 94 valence electrons. The third kappa shape index (κ3) is 2.15. The predicted molar refractivity (Wildman–Crippen MR) is 57.3 cm³/mol. The summed E-state index contributed by atoms with van der Waals surface area (Å²) in [5, 5.41) is 19.2. The molecule has 0 heterocycles. The van der Waals surface area contributed by atoms with E-state index in [1.807, 2.05) is 0 Å². The number of benzene rings is 1.